The van der Waals surface area contributed by atoms with E-state index >= 15 is 0 Å². The van der Waals surface area contributed by atoms with Crippen LogP contribution >= 0.6 is 0 Å². The summed E-state index contributed by atoms with van der Waals surface area (Å²) in [5, 5.41) is 7.11. The van der Waals surface area contributed by atoms with Crippen LogP contribution in [0.4, 0.5) is 17.1 Å². The van der Waals surface area contributed by atoms with Gasteiger partial charge in [-0.1, -0.05) is 164 Å². The van der Waals surface area contributed by atoms with E-state index in [-0.39, 0.29) is 0 Å². The minimum atomic E-state index is 0.889. The number of hydrogen-bond donors (Lipinski definition) is 0. The molecular formula is C56H37NO. The second kappa shape index (κ2) is 14.1. The summed E-state index contributed by atoms with van der Waals surface area (Å²) in [6, 6.07) is 80.8. The molecule has 1 aromatic heterocycles. The Balaban J connectivity index is 1.01. The fourth-order valence-corrected chi connectivity index (χ4v) is 8.43. The molecule has 10 aromatic carbocycles. The first-order valence-electron chi connectivity index (χ1n) is 19.8. The lowest BCUT2D eigenvalue weighted by Gasteiger charge is -2.28. The van der Waals surface area contributed by atoms with Gasteiger partial charge in [-0.3, -0.25) is 0 Å². The molecule has 0 saturated heterocycles. The molecule has 0 spiro atoms. The van der Waals surface area contributed by atoms with Crippen LogP contribution in [0.15, 0.2) is 229 Å². The highest BCUT2D eigenvalue weighted by molar-refractivity contribution is 6.11. The lowest BCUT2D eigenvalue weighted by molar-refractivity contribution is 0.669. The monoisotopic (exact) mass is 739 g/mol. The minimum Gasteiger partial charge on any atom is -0.456 e. The third-order valence-electron chi connectivity index (χ3n) is 11.5. The molecule has 0 radical (unpaired) electrons. The number of anilines is 3. The van der Waals surface area contributed by atoms with Gasteiger partial charge in [0.05, 0.1) is 5.69 Å². The van der Waals surface area contributed by atoms with Gasteiger partial charge >= 0.3 is 0 Å². The van der Waals surface area contributed by atoms with Crippen molar-refractivity contribution in [3.8, 4) is 44.5 Å². The average Bonchev–Trinajstić information content (AvgIpc) is 3.65. The van der Waals surface area contributed by atoms with Crippen LogP contribution in [0.25, 0.3) is 88.0 Å². The Morgan fingerprint density at radius 2 is 0.741 bits per heavy atom. The largest absolute Gasteiger partial charge is 0.456 e. The number of benzene rings is 10. The Hall–Kier alpha value is -7.68. The zero-order valence-corrected chi connectivity index (χ0v) is 31.7. The Morgan fingerprint density at radius 3 is 1.41 bits per heavy atom. The first kappa shape index (κ1) is 33.6. The summed E-state index contributed by atoms with van der Waals surface area (Å²) in [6.45, 7) is 0. The van der Waals surface area contributed by atoms with Gasteiger partial charge in [0.2, 0.25) is 0 Å². The van der Waals surface area contributed by atoms with E-state index in [9.17, 15) is 0 Å². The molecule has 0 unspecified atom stereocenters. The summed E-state index contributed by atoms with van der Waals surface area (Å²) in [5.74, 6) is 0. The van der Waals surface area contributed by atoms with Crippen LogP contribution in [0.2, 0.25) is 0 Å². The van der Waals surface area contributed by atoms with Gasteiger partial charge in [0.25, 0.3) is 0 Å². The third-order valence-corrected chi connectivity index (χ3v) is 11.5. The van der Waals surface area contributed by atoms with Gasteiger partial charge in [0, 0.05) is 27.7 Å². The Kier molecular flexibility index (Phi) is 8.19. The van der Waals surface area contributed by atoms with Crippen molar-refractivity contribution in [1.82, 2.24) is 0 Å². The van der Waals surface area contributed by atoms with Crippen molar-refractivity contribution in [1.29, 1.82) is 0 Å². The molecule has 0 aliphatic heterocycles. The quantitative estimate of drug-likeness (QED) is 0.162. The molecule has 58 heavy (non-hydrogen) atoms. The summed E-state index contributed by atoms with van der Waals surface area (Å²) in [6.07, 6.45) is 0. The molecule has 0 saturated carbocycles. The molecule has 11 aromatic rings. The lowest BCUT2D eigenvalue weighted by atomic mass is 9.98. The maximum atomic E-state index is 6.41. The number of nitrogens with zero attached hydrogens (tertiary/aromatic N) is 1. The van der Waals surface area contributed by atoms with E-state index in [1.807, 2.05) is 0 Å². The first-order valence-corrected chi connectivity index (χ1v) is 19.8. The summed E-state index contributed by atoms with van der Waals surface area (Å²) in [5.41, 5.74) is 14.5. The van der Waals surface area contributed by atoms with Crippen molar-refractivity contribution >= 4 is 60.5 Å². The third kappa shape index (κ3) is 6.09. The van der Waals surface area contributed by atoms with Gasteiger partial charge in [-0.15, -0.1) is 0 Å². The second-order valence-corrected chi connectivity index (χ2v) is 15.0. The van der Waals surface area contributed by atoms with Gasteiger partial charge in [0.15, 0.2) is 0 Å². The molecule has 0 bridgehead atoms. The van der Waals surface area contributed by atoms with E-state index in [4.69, 9.17) is 4.42 Å². The van der Waals surface area contributed by atoms with Gasteiger partial charge in [-0.2, -0.15) is 0 Å². The molecule has 2 heteroatoms. The van der Waals surface area contributed by atoms with E-state index in [0.29, 0.717) is 0 Å². The number of rotatable bonds is 7. The molecule has 0 atom stereocenters. The van der Waals surface area contributed by atoms with E-state index in [1.54, 1.807) is 0 Å². The molecule has 0 aliphatic rings. The van der Waals surface area contributed by atoms with Gasteiger partial charge in [0.1, 0.15) is 11.2 Å². The molecule has 0 amide bonds. The fourth-order valence-electron chi connectivity index (χ4n) is 8.43. The van der Waals surface area contributed by atoms with Crippen LogP contribution < -0.4 is 4.90 Å². The number of para-hydroxylation sites is 1. The van der Waals surface area contributed by atoms with E-state index < -0.39 is 0 Å². The lowest BCUT2D eigenvalue weighted by Crippen LogP contribution is -2.11. The van der Waals surface area contributed by atoms with Crippen molar-refractivity contribution in [3.63, 3.8) is 0 Å². The maximum Gasteiger partial charge on any atom is 0.136 e. The molecule has 0 aliphatic carbocycles. The van der Waals surface area contributed by atoms with Crippen molar-refractivity contribution in [2.75, 3.05) is 4.90 Å². The van der Waals surface area contributed by atoms with Crippen molar-refractivity contribution < 1.29 is 4.42 Å². The molecule has 2 nitrogen and oxygen atoms in total. The molecule has 0 fully saturated rings. The topological polar surface area (TPSA) is 16.4 Å². The average molecular weight is 740 g/mol. The maximum absolute atomic E-state index is 6.41. The predicted molar refractivity (Wildman–Crippen MR) is 245 cm³/mol. The number of fused-ring (bicyclic) bond motifs is 5. The van der Waals surface area contributed by atoms with Crippen LogP contribution in [0.5, 0.6) is 0 Å². The van der Waals surface area contributed by atoms with Crippen molar-refractivity contribution in [3.05, 3.63) is 224 Å². The van der Waals surface area contributed by atoms with Crippen LogP contribution in [0.3, 0.4) is 0 Å². The highest BCUT2D eigenvalue weighted by Gasteiger charge is 2.19. The summed E-state index contributed by atoms with van der Waals surface area (Å²) in [4.78, 5) is 2.38. The normalized spacial score (nSPS) is 11.4. The van der Waals surface area contributed by atoms with Crippen LogP contribution in [0.1, 0.15) is 0 Å². The molecule has 1 heterocycles. The molecule has 11 rings (SSSR count). The van der Waals surface area contributed by atoms with Crippen molar-refractivity contribution in [2.45, 2.75) is 0 Å². The highest BCUT2D eigenvalue weighted by atomic mass is 16.3. The smallest absolute Gasteiger partial charge is 0.136 e. The SMILES string of the molecule is c1ccc(-c2ccc(-c3ccc(N(c4ccc(-c5ccc6ccccc6c5)cc4)c4ccccc4-c4ccc5oc6cc7ccccc7cc6c5c4)cc3)cc2)cc1. The van der Waals surface area contributed by atoms with E-state index in [1.165, 1.54) is 54.9 Å². The Bertz CT molecular complexity index is 3250. The zero-order chi connectivity index (χ0) is 38.4. The Labute approximate surface area is 337 Å². The van der Waals surface area contributed by atoms with Gasteiger partial charge < -0.3 is 9.32 Å². The van der Waals surface area contributed by atoms with Gasteiger partial charge in [-0.05, 0) is 121 Å². The van der Waals surface area contributed by atoms with Crippen molar-refractivity contribution in [2.24, 2.45) is 0 Å². The van der Waals surface area contributed by atoms with E-state index in [0.717, 1.165) is 50.1 Å². The van der Waals surface area contributed by atoms with Gasteiger partial charge in [-0.25, -0.2) is 0 Å². The molecular weight excluding hydrogens is 703 g/mol. The first-order chi connectivity index (χ1) is 28.7. The second-order valence-electron chi connectivity index (χ2n) is 15.0. The fraction of sp³-hybridized carbons (Fsp3) is 0. The Morgan fingerprint density at radius 1 is 0.276 bits per heavy atom. The minimum absolute atomic E-state index is 0.889. The summed E-state index contributed by atoms with van der Waals surface area (Å²) >= 11 is 0. The number of hydrogen-bond acceptors (Lipinski definition) is 2. The van der Waals surface area contributed by atoms with Crippen LogP contribution in [-0.4, -0.2) is 0 Å². The predicted octanol–water partition coefficient (Wildman–Crippen LogP) is 16.0. The summed E-state index contributed by atoms with van der Waals surface area (Å²) < 4.78 is 6.41. The van der Waals surface area contributed by atoms with Crippen LogP contribution in [0, 0.1) is 0 Å². The highest BCUT2D eigenvalue weighted by Crippen LogP contribution is 2.43. The standard InChI is InChI=1S/C56H37NO/c1-2-10-38(11-3-1)40-18-20-41(21-19-40)42-24-29-49(30-25-42)57(50-31-26-43(27-32-50)47-23-22-39-12-4-5-13-44(39)34-47)54-17-9-8-16-51(54)48-28-33-55-52(36-48)53-35-45-14-6-7-15-46(45)37-56(53)58-55/h1-37H. The molecule has 0 N–H and O–H groups in total. The zero-order valence-electron chi connectivity index (χ0n) is 31.7. The number of furan rings is 1. The van der Waals surface area contributed by atoms with Crippen LogP contribution in [-0.2, 0) is 0 Å². The summed E-state index contributed by atoms with van der Waals surface area (Å²) in [7, 11) is 0. The van der Waals surface area contributed by atoms with E-state index in [2.05, 4.69) is 229 Å². The molecule has 272 valence electrons.